The van der Waals surface area contributed by atoms with Gasteiger partial charge in [-0.3, -0.25) is 4.79 Å². The third-order valence-electron chi connectivity index (χ3n) is 3.79. The van der Waals surface area contributed by atoms with Crippen molar-refractivity contribution in [2.45, 2.75) is 5.92 Å². The fourth-order valence-corrected chi connectivity index (χ4v) is 2.47. The third-order valence-corrected chi connectivity index (χ3v) is 3.79. The Morgan fingerprint density at radius 1 is 1.00 bits per heavy atom. The zero-order valence-electron chi connectivity index (χ0n) is 11.6. The van der Waals surface area contributed by atoms with E-state index in [1.807, 2.05) is 12.2 Å². The third kappa shape index (κ3) is 2.76. The van der Waals surface area contributed by atoms with Gasteiger partial charge in [0.25, 0.3) is 0 Å². The molecule has 1 aliphatic rings. The van der Waals surface area contributed by atoms with Crippen LogP contribution in [0, 0.1) is 5.92 Å². The molecule has 2 aromatic rings. The minimum absolute atomic E-state index is 0.143. The van der Waals surface area contributed by atoms with Crippen LogP contribution in [-0.2, 0) is 4.79 Å². The molecular formula is C18H14O4. The summed E-state index contributed by atoms with van der Waals surface area (Å²) in [6.07, 6.45) is 3.67. The molecule has 0 amide bonds. The van der Waals surface area contributed by atoms with Crippen LogP contribution in [-0.4, -0.2) is 22.0 Å². The minimum atomic E-state index is -0.958. The molecule has 3 rings (SSSR count). The summed E-state index contributed by atoms with van der Waals surface area (Å²) in [6.45, 7) is 0. The molecule has 2 N–H and O–H groups in total. The quantitative estimate of drug-likeness (QED) is 0.908. The molecule has 0 saturated heterocycles. The van der Waals surface area contributed by atoms with E-state index >= 15 is 0 Å². The normalized spacial score (nSPS) is 20.3. The van der Waals surface area contributed by atoms with Crippen LogP contribution < -0.4 is 0 Å². The Hall–Kier alpha value is -2.88. The van der Waals surface area contributed by atoms with Crippen LogP contribution in [0.5, 0.6) is 5.75 Å². The molecule has 22 heavy (non-hydrogen) atoms. The zero-order chi connectivity index (χ0) is 15.7. The molecule has 4 nitrogen and oxygen atoms in total. The molecule has 0 aromatic heterocycles. The summed E-state index contributed by atoms with van der Waals surface area (Å²) in [5.41, 5.74) is 1.99. The maximum atomic E-state index is 11.9. The Morgan fingerprint density at radius 3 is 2.23 bits per heavy atom. The first-order chi connectivity index (χ1) is 10.6. The van der Waals surface area contributed by atoms with E-state index in [0.29, 0.717) is 0 Å². The van der Waals surface area contributed by atoms with Crippen molar-refractivity contribution in [2.75, 3.05) is 0 Å². The number of carboxylic acids is 1. The summed E-state index contributed by atoms with van der Waals surface area (Å²) in [4.78, 5) is 22.7. The van der Waals surface area contributed by atoms with Crippen LogP contribution in [0.3, 0.4) is 0 Å². The number of benzene rings is 2. The largest absolute Gasteiger partial charge is 0.508 e. The molecule has 1 unspecified atom stereocenters. The summed E-state index contributed by atoms with van der Waals surface area (Å²) in [7, 11) is 0. The van der Waals surface area contributed by atoms with Crippen LogP contribution in [0.25, 0.3) is 6.08 Å². The lowest BCUT2D eigenvalue weighted by Gasteiger charge is -1.97. The van der Waals surface area contributed by atoms with Gasteiger partial charge in [0.1, 0.15) is 11.5 Å². The highest BCUT2D eigenvalue weighted by atomic mass is 16.4. The van der Waals surface area contributed by atoms with Gasteiger partial charge in [-0.1, -0.05) is 36.4 Å². The van der Waals surface area contributed by atoms with Crippen LogP contribution in [0.1, 0.15) is 27.4 Å². The van der Waals surface area contributed by atoms with Gasteiger partial charge < -0.3 is 10.2 Å². The monoisotopic (exact) mass is 294 g/mol. The Balaban J connectivity index is 1.70. The van der Waals surface area contributed by atoms with E-state index in [-0.39, 0.29) is 28.9 Å². The van der Waals surface area contributed by atoms with Crippen molar-refractivity contribution in [1.29, 1.82) is 0 Å². The van der Waals surface area contributed by atoms with E-state index in [1.165, 1.54) is 12.1 Å². The zero-order valence-corrected chi connectivity index (χ0v) is 11.6. The van der Waals surface area contributed by atoms with Crippen molar-refractivity contribution in [3.05, 3.63) is 71.3 Å². The van der Waals surface area contributed by atoms with Gasteiger partial charge >= 0.3 is 5.97 Å². The number of Topliss-reactive ketones (excluding diaryl/α,β-unsaturated/α-hetero) is 1. The number of hydrogen-bond donors (Lipinski definition) is 2. The lowest BCUT2D eigenvalue weighted by atomic mass is 10.1. The summed E-state index contributed by atoms with van der Waals surface area (Å²) in [5, 5.41) is 18.1. The van der Waals surface area contributed by atoms with Crippen LogP contribution in [0.15, 0.2) is 54.6 Å². The Kier molecular flexibility index (Phi) is 3.51. The summed E-state index contributed by atoms with van der Waals surface area (Å²) in [5.74, 6) is -0.911. The van der Waals surface area contributed by atoms with E-state index in [1.54, 1.807) is 36.4 Å². The summed E-state index contributed by atoms with van der Waals surface area (Å²) in [6, 6.07) is 13.2. The first kappa shape index (κ1) is 14.1. The topological polar surface area (TPSA) is 74.6 Å². The smallest absolute Gasteiger partial charge is 0.335 e. The lowest BCUT2D eigenvalue weighted by Crippen LogP contribution is -1.94. The van der Waals surface area contributed by atoms with Crippen LogP contribution in [0.2, 0.25) is 0 Å². The fraction of sp³-hybridized carbons (Fsp3) is 0.111. The molecule has 0 radical (unpaired) electrons. The second-order valence-electron chi connectivity index (χ2n) is 5.28. The van der Waals surface area contributed by atoms with Crippen LogP contribution >= 0.6 is 0 Å². The number of aromatic hydroxyl groups is 1. The van der Waals surface area contributed by atoms with E-state index in [9.17, 15) is 14.7 Å². The number of aromatic carboxylic acids is 1. The molecule has 2 aromatic carbocycles. The average molecular weight is 294 g/mol. The predicted molar refractivity (Wildman–Crippen MR) is 81.8 cm³/mol. The molecule has 110 valence electrons. The molecule has 1 aliphatic carbocycles. The van der Waals surface area contributed by atoms with Crippen molar-refractivity contribution in [3.63, 3.8) is 0 Å². The first-order valence-corrected chi connectivity index (χ1v) is 6.90. The van der Waals surface area contributed by atoms with Gasteiger partial charge in [-0.05, 0) is 35.4 Å². The van der Waals surface area contributed by atoms with Gasteiger partial charge in [-0.15, -0.1) is 0 Å². The highest BCUT2D eigenvalue weighted by Gasteiger charge is 2.48. The second-order valence-corrected chi connectivity index (χ2v) is 5.28. The number of carbonyl (C=O) groups is 2. The maximum Gasteiger partial charge on any atom is 0.335 e. The molecule has 0 bridgehead atoms. The van der Waals surface area contributed by atoms with E-state index in [2.05, 4.69) is 0 Å². The van der Waals surface area contributed by atoms with Gasteiger partial charge in [-0.2, -0.15) is 0 Å². The Labute approximate surface area is 127 Å². The SMILES string of the molecule is O=C(O)c1ccc(C=C[C@@H]2C(=O)C2c2ccc(O)cc2)cc1. The van der Waals surface area contributed by atoms with Gasteiger partial charge in [0, 0.05) is 0 Å². The highest BCUT2D eigenvalue weighted by Crippen LogP contribution is 2.44. The molecule has 4 heteroatoms. The minimum Gasteiger partial charge on any atom is -0.508 e. The average Bonchev–Trinajstić information content (AvgIpc) is 3.16. The second kappa shape index (κ2) is 5.48. The van der Waals surface area contributed by atoms with Gasteiger partial charge in [0.2, 0.25) is 0 Å². The number of rotatable bonds is 4. The fourth-order valence-electron chi connectivity index (χ4n) is 2.47. The number of hydrogen-bond acceptors (Lipinski definition) is 3. The lowest BCUT2D eigenvalue weighted by molar-refractivity contribution is -0.111. The number of phenols is 1. The van der Waals surface area contributed by atoms with Gasteiger partial charge in [-0.25, -0.2) is 4.79 Å². The molecule has 0 aliphatic heterocycles. The molecular weight excluding hydrogens is 280 g/mol. The summed E-state index contributed by atoms with van der Waals surface area (Å²) >= 11 is 0. The molecule has 0 heterocycles. The van der Waals surface area contributed by atoms with Gasteiger partial charge in [0.15, 0.2) is 0 Å². The van der Waals surface area contributed by atoms with Crippen molar-refractivity contribution < 1.29 is 19.8 Å². The summed E-state index contributed by atoms with van der Waals surface area (Å²) < 4.78 is 0. The van der Waals surface area contributed by atoms with E-state index in [0.717, 1.165) is 11.1 Å². The van der Waals surface area contributed by atoms with Gasteiger partial charge in [0.05, 0.1) is 17.4 Å². The predicted octanol–water partition coefficient (Wildman–Crippen LogP) is 3.09. The van der Waals surface area contributed by atoms with Crippen molar-refractivity contribution in [2.24, 2.45) is 5.92 Å². The Morgan fingerprint density at radius 2 is 1.64 bits per heavy atom. The Bertz CT molecular complexity index is 742. The number of allylic oxidation sites excluding steroid dienone is 1. The van der Waals surface area contributed by atoms with Crippen molar-refractivity contribution in [3.8, 4) is 5.75 Å². The number of phenolic OH excluding ortho intramolecular Hbond substituents is 1. The molecule has 0 spiro atoms. The first-order valence-electron chi connectivity index (χ1n) is 6.90. The molecule has 1 fully saturated rings. The number of carboxylic acid groups (broad SMARTS) is 1. The molecule has 2 atom stereocenters. The number of ketones is 1. The molecule has 1 saturated carbocycles. The van der Waals surface area contributed by atoms with E-state index < -0.39 is 5.97 Å². The van der Waals surface area contributed by atoms with Crippen LogP contribution in [0.4, 0.5) is 0 Å². The maximum absolute atomic E-state index is 11.9. The highest BCUT2D eigenvalue weighted by molar-refractivity contribution is 6.06. The number of carbonyl (C=O) groups excluding carboxylic acids is 1. The standard InChI is InChI=1S/C18H14O4/c19-14-8-6-12(7-9-14)16-15(17(16)20)10-3-11-1-4-13(5-2-11)18(21)22/h1-10,15-16,19H,(H,21,22)/t15-,16?/m0/s1. The van der Waals surface area contributed by atoms with E-state index in [4.69, 9.17) is 5.11 Å². The van der Waals surface area contributed by atoms with Crippen molar-refractivity contribution >= 4 is 17.8 Å². The van der Waals surface area contributed by atoms with Crippen molar-refractivity contribution in [1.82, 2.24) is 0 Å².